The molecule has 0 aliphatic heterocycles. The maximum absolute atomic E-state index is 10.8. The SMILES string of the molecule is COCCOCCCNc1c(Cl)cccc1[N+](=O)[O-]. The van der Waals surface area contributed by atoms with E-state index in [4.69, 9.17) is 21.1 Å². The highest BCUT2D eigenvalue weighted by molar-refractivity contribution is 6.33. The molecule has 0 unspecified atom stereocenters. The normalized spacial score (nSPS) is 10.4. The summed E-state index contributed by atoms with van der Waals surface area (Å²) in [5.41, 5.74) is 0.332. The van der Waals surface area contributed by atoms with E-state index in [2.05, 4.69) is 5.32 Å². The molecule has 1 aromatic rings. The van der Waals surface area contributed by atoms with Crippen LogP contribution in [0.3, 0.4) is 0 Å². The van der Waals surface area contributed by atoms with Crippen molar-refractivity contribution in [3.05, 3.63) is 33.3 Å². The van der Waals surface area contributed by atoms with Crippen molar-refractivity contribution in [3.63, 3.8) is 0 Å². The predicted octanol–water partition coefficient (Wildman–Crippen LogP) is 2.71. The van der Waals surface area contributed by atoms with Gasteiger partial charge in [0.25, 0.3) is 5.69 Å². The summed E-state index contributed by atoms with van der Waals surface area (Å²) < 4.78 is 10.1. The topological polar surface area (TPSA) is 73.6 Å². The van der Waals surface area contributed by atoms with E-state index in [1.54, 1.807) is 19.2 Å². The Morgan fingerprint density at radius 2 is 2.16 bits per heavy atom. The Labute approximate surface area is 116 Å². The number of nitrogens with one attached hydrogen (secondary N) is 1. The van der Waals surface area contributed by atoms with Crippen LogP contribution in [-0.4, -0.2) is 38.4 Å². The van der Waals surface area contributed by atoms with Crippen molar-refractivity contribution in [2.45, 2.75) is 6.42 Å². The van der Waals surface area contributed by atoms with Crippen LogP contribution in [0, 0.1) is 10.1 Å². The fraction of sp³-hybridized carbons (Fsp3) is 0.500. The van der Waals surface area contributed by atoms with Crippen LogP contribution < -0.4 is 5.32 Å². The third kappa shape index (κ3) is 5.42. The van der Waals surface area contributed by atoms with Crippen LogP contribution >= 0.6 is 11.6 Å². The average Bonchev–Trinajstić information content (AvgIpc) is 2.39. The van der Waals surface area contributed by atoms with Crippen LogP contribution in [0.1, 0.15) is 6.42 Å². The van der Waals surface area contributed by atoms with Crippen molar-refractivity contribution in [2.75, 3.05) is 38.8 Å². The molecule has 7 heteroatoms. The van der Waals surface area contributed by atoms with Crippen LogP contribution in [0.5, 0.6) is 0 Å². The molecule has 19 heavy (non-hydrogen) atoms. The molecule has 1 rings (SSSR count). The number of nitrogens with zero attached hydrogens (tertiary/aromatic N) is 1. The third-order valence-electron chi connectivity index (χ3n) is 2.39. The Bertz CT molecular complexity index is 415. The lowest BCUT2D eigenvalue weighted by Gasteiger charge is -2.09. The summed E-state index contributed by atoms with van der Waals surface area (Å²) in [4.78, 5) is 10.4. The zero-order chi connectivity index (χ0) is 14.1. The second kappa shape index (κ2) is 8.68. The molecule has 0 saturated heterocycles. The van der Waals surface area contributed by atoms with Gasteiger partial charge < -0.3 is 14.8 Å². The number of benzene rings is 1. The Balaban J connectivity index is 2.38. The van der Waals surface area contributed by atoms with Gasteiger partial charge >= 0.3 is 0 Å². The highest BCUT2D eigenvalue weighted by atomic mass is 35.5. The molecule has 0 radical (unpaired) electrons. The Morgan fingerprint density at radius 1 is 1.37 bits per heavy atom. The maximum atomic E-state index is 10.8. The molecule has 0 aliphatic rings. The van der Waals surface area contributed by atoms with E-state index in [9.17, 15) is 10.1 Å². The zero-order valence-electron chi connectivity index (χ0n) is 10.7. The molecule has 0 bridgehead atoms. The van der Waals surface area contributed by atoms with Crippen LogP contribution in [-0.2, 0) is 9.47 Å². The van der Waals surface area contributed by atoms with Gasteiger partial charge in [-0.1, -0.05) is 17.7 Å². The van der Waals surface area contributed by atoms with Gasteiger partial charge in [0.15, 0.2) is 0 Å². The second-order valence-electron chi connectivity index (χ2n) is 3.78. The highest BCUT2D eigenvalue weighted by Gasteiger charge is 2.15. The van der Waals surface area contributed by atoms with Crippen molar-refractivity contribution in [3.8, 4) is 0 Å². The first-order valence-electron chi connectivity index (χ1n) is 5.90. The molecule has 0 spiro atoms. The Hall–Kier alpha value is -1.37. The van der Waals surface area contributed by atoms with Gasteiger partial charge in [0.1, 0.15) is 5.69 Å². The van der Waals surface area contributed by atoms with Crippen LogP contribution in [0.15, 0.2) is 18.2 Å². The average molecular weight is 289 g/mol. The van der Waals surface area contributed by atoms with Crippen molar-refractivity contribution in [1.29, 1.82) is 0 Å². The van der Waals surface area contributed by atoms with E-state index in [0.29, 0.717) is 37.1 Å². The quantitative estimate of drug-likeness (QED) is 0.430. The lowest BCUT2D eigenvalue weighted by molar-refractivity contribution is -0.383. The molecule has 1 aromatic carbocycles. The van der Waals surface area contributed by atoms with Gasteiger partial charge in [0, 0.05) is 26.3 Å². The summed E-state index contributed by atoms with van der Waals surface area (Å²) in [6.45, 7) is 2.22. The first kappa shape index (κ1) is 15.7. The Kier molecular flexibility index (Phi) is 7.17. The van der Waals surface area contributed by atoms with E-state index in [1.165, 1.54) is 6.07 Å². The van der Waals surface area contributed by atoms with Gasteiger partial charge in [-0.3, -0.25) is 10.1 Å². The largest absolute Gasteiger partial charge is 0.382 e. The number of nitro benzene ring substituents is 1. The molecule has 6 nitrogen and oxygen atoms in total. The monoisotopic (exact) mass is 288 g/mol. The van der Waals surface area contributed by atoms with E-state index in [-0.39, 0.29) is 5.69 Å². The summed E-state index contributed by atoms with van der Waals surface area (Å²) in [5, 5.41) is 14.2. The minimum atomic E-state index is -0.455. The van der Waals surface area contributed by atoms with E-state index in [1.807, 2.05) is 0 Å². The van der Waals surface area contributed by atoms with Crippen LogP contribution in [0.4, 0.5) is 11.4 Å². The molecule has 0 aliphatic carbocycles. The van der Waals surface area contributed by atoms with Crippen LogP contribution in [0.2, 0.25) is 5.02 Å². The van der Waals surface area contributed by atoms with Crippen molar-refractivity contribution < 1.29 is 14.4 Å². The highest BCUT2D eigenvalue weighted by Crippen LogP contribution is 2.31. The van der Waals surface area contributed by atoms with Gasteiger partial charge in [0.05, 0.1) is 23.2 Å². The smallest absolute Gasteiger partial charge is 0.293 e. The molecular weight excluding hydrogens is 272 g/mol. The van der Waals surface area contributed by atoms with Gasteiger partial charge in [-0.15, -0.1) is 0 Å². The number of para-hydroxylation sites is 1. The number of methoxy groups -OCH3 is 1. The summed E-state index contributed by atoms with van der Waals surface area (Å²) in [6, 6.07) is 4.59. The maximum Gasteiger partial charge on any atom is 0.293 e. The Morgan fingerprint density at radius 3 is 2.84 bits per heavy atom. The fourth-order valence-corrected chi connectivity index (χ4v) is 1.71. The fourth-order valence-electron chi connectivity index (χ4n) is 1.47. The second-order valence-corrected chi connectivity index (χ2v) is 4.18. The standard InChI is InChI=1S/C12H17ClN2O4/c1-18-8-9-19-7-3-6-14-12-10(13)4-2-5-11(12)15(16)17/h2,4-5,14H,3,6-9H2,1H3. The number of halogens is 1. The molecule has 0 aromatic heterocycles. The molecular formula is C12H17ClN2O4. The molecule has 0 saturated carbocycles. The van der Waals surface area contributed by atoms with E-state index >= 15 is 0 Å². The van der Waals surface area contributed by atoms with E-state index < -0.39 is 4.92 Å². The van der Waals surface area contributed by atoms with E-state index in [0.717, 1.165) is 6.42 Å². The zero-order valence-corrected chi connectivity index (χ0v) is 11.5. The van der Waals surface area contributed by atoms with Gasteiger partial charge in [-0.05, 0) is 12.5 Å². The van der Waals surface area contributed by atoms with Crippen molar-refractivity contribution in [2.24, 2.45) is 0 Å². The summed E-state index contributed by atoms with van der Waals surface area (Å²) in [5.74, 6) is 0. The van der Waals surface area contributed by atoms with Crippen molar-refractivity contribution in [1.82, 2.24) is 0 Å². The summed E-state index contributed by atoms with van der Waals surface area (Å²) in [6.07, 6.45) is 0.728. The first-order chi connectivity index (χ1) is 9.16. The molecule has 0 atom stereocenters. The number of hydrogen-bond donors (Lipinski definition) is 1. The van der Waals surface area contributed by atoms with Gasteiger partial charge in [0.2, 0.25) is 0 Å². The molecule has 0 fully saturated rings. The number of ether oxygens (including phenoxy) is 2. The molecule has 0 amide bonds. The van der Waals surface area contributed by atoms with Gasteiger partial charge in [-0.25, -0.2) is 0 Å². The number of rotatable bonds is 9. The minimum Gasteiger partial charge on any atom is -0.382 e. The third-order valence-corrected chi connectivity index (χ3v) is 2.70. The summed E-state index contributed by atoms with van der Waals surface area (Å²) >= 11 is 5.94. The van der Waals surface area contributed by atoms with Crippen LogP contribution in [0.25, 0.3) is 0 Å². The number of nitro groups is 1. The number of hydrogen-bond acceptors (Lipinski definition) is 5. The minimum absolute atomic E-state index is 0.0206. The predicted molar refractivity (Wildman–Crippen MR) is 73.9 cm³/mol. The lowest BCUT2D eigenvalue weighted by atomic mass is 10.2. The first-order valence-corrected chi connectivity index (χ1v) is 6.28. The molecule has 106 valence electrons. The summed E-state index contributed by atoms with van der Waals surface area (Å²) in [7, 11) is 1.61. The molecule has 0 heterocycles. The lowest BCUT2D eigenvalue weighted by Crippen LogP contribution is -2.09. The molecule has 1 N–H and O–H groups in total. The van der Waals surface area contributed by atoms with Crippen molar-refractivity contribution >= 4 is 23.0 Å². The van der Waals surface area contributed by atoms with Gasteiger partial charge in [-0.2, -0.15) is 0 Å². The number of anilines is 1.